The highest BCUT2D eigenvalue weighted by Gasteiger charge is 2.12. The van der Waals surface area contributed by atoms with E-state index in [2.05, 4.69) is 21.5 Å². The zero-order chi connectivity index (χ0) is 21.5. The second-order valence-electron chi connectivity index (χ2n) is 6.66. The van der Waals surface area contributed by atoms with Crippen molar-refractivity contribution in [2.24, 2.45) is 0 Å². The lowest BCUT2D eigenvalue weighted by Gasteiger charge is -2.08. The zero-order valence-corrected chi connectivity index (χ0v) is 17.2. The van der Waals surface area contributed by atoms with Crippen molar-refractivity contribution in [2.75, 3.05) is 27.4 Å². The number of aryl methyl sites for hydroxylation is 1. The van der Waals surface area contributed by atoms with Crippen LogP contribution in [0.2, 0.25) is 0 Å². The normalized spacial score (nSPS) is 10.5. The molecule has 0 aliphatic carbocycles. The standard InChI is InChI=1S/C22H23N5O3/c1-15-9-17(11-23)20(30-3)10-19(15)18-13-26-27(14-18)21-6-5-16(12-25-21)22(28)24-7-4-8-29-2/h5-6,9-10,12-14H,4,7-8H2,1-3H3,(H,24,28). The fourth-order valence-electron chi connectivity index (χ4n) is 3.02. The van der Waals surface area contributed by atoms with E-state index in [9.17, 15) is 10.1 Å². The van der Waals surface area contributed by atoms with Gasteiger partial charge in [-0.3, -0.25) is 4.79 Å². The van der Waals surface area contributed by atoms with Gasteiger partial charge in [-0.2, -0.15) is 10.4 Å². The average Bonchev–Trinajstić information content (AvgIpc) is 3.26. The number of methoxy groups -OCH3 is 2. The molecule has 0 saturated carbocycles. The van der Waals surface area contributed by atoms with Crippen molar-refractivity contribution in [3.63, 3.8) is 0 Å². The fourth-order valence-corrected chi connectivity index (χ4v) is 3.02. The SMILES string of the molecule is COCCCNC(=O)c1ccc(-n2cc(-c3cc(OC)c(C#N)cc3C)cn2)nc1. The van der Waals surface area contributed by atoms with Gasteiger partial charge in [0.2, 0.25) is 0 Å². The Morgan fingerprint density at radius 3 is 2.77 bits per heavy atom. The Bertz CT molecular complexity index is 1070. The fraction of sp³-hybridized carbons (Fsp3) is 0.273. The summed E-state index contributed by atoms with van der Waals surface area (Å²) in [5.74, 6) is 0.937. The predicted octanol–water partition coefficient (Wildman–Crippen LogP) is 2.89. The van der Waals surface area contributed by atoms with Crippen LogP contribution in [-0.4, -0.2) is 48.0 Å². The molecule has 3 aromatic rings. The first-order valence-electron chi connectivity index (χ1n) is 9.44. The number of hydrogen-bond donors (Lipinski definition) is 1. The monoisotopic (exact) mass is 405 g/mol. The van der Waals surface area contributed by atoms with E-state index in [-0.39, 0.29) is 5.91 Å². The molecule has 0 aliphatic rings. The molecule has 1 N–H and O–H groups in total. The van der Waals surface area contributed by atoms with Crippen LogP contribution in [0.3, 0.4) is 0 Å². The average molecular weight is 405 g/mol. The third-order valence-electron chi connectivity index (χ3n) is 4.62. The van der Waals surface area contributed by atoms with Crippen LogP contribution in [0.25, 0.3) is 16.9 Å². The summed E-state index contributed by atoms with van der Waals surface area (Å²) in [7, 11) is 3.17. The van der Waals surface area contributed by atoms with Crippen molar-refractivity contribution in [3.8, 4) is 28.8 Å². The molecule has 2 aromatic heterocycles. The number of carbonyl (C=O) groups is 1. The Kier molecular flexibility index (Phi) is 6.78. The molecule has 0 radical (unpaired) electrons. The van der Waals surface area contributed by atoms with Crippen LogP contribution in [0.4, 0.5) is 0 Å². The molecular weight excluding hydrogens is 382 g/mol. The molecule has 0 spiro atoms. The maximum absolute atomic E-state index is 12.1. The maximum atomic E-state index is 12.1. The number of hydrogen-bond acceptors (Lipinski definition) is 6. The topological polar surface area (TPSA) is 102 Å². The second-order valence-corrected chi connectivity index (χ2v) is 6.66. The first kappa shape index (κ1) is 21.0. The summed E-state index contributed by atoms with van der Waals surface area (Å²) in [6.07, 6.45) is 5.86. The minimum Gasteiger partial charge on any atom is -0.495 e. The molecule has 1 amide bonds. The van der Waals surface area contributed by atoms with E-state index >= 15 is 0 Å². The van der Waals surface area contributed by atoms with E-state index in [1.54, 1.807) is 36.2 Å². The maximum Gasteiger partial charge on any atom is 0.252 e. The van der Waals surface area contributed by atoms with Gasteiger partial charge in [0.1, 0.15) is 11.8 Å². The molecule has 1 aromatic carbocycles. The highest BCUT2D eigenvalue weighted by Crippen LogP contribution is 2.30. The molecule has 0 unspecified atom stereocenters. The van der Waals surface area contributed by atoms with Crippen LogP contribution in [-0.2, 0) is 4.74 Å². The van der Waals surface area contributed by atoms with Crippen molar-refractivity contribution in [1.82, 2.24) is 20.1 Å². The highest BCUT2D eigenvalue weighted by molar-refractivity contribution is 5.93. The summed E-state index contributed by atoms with van der Waals surface area (Å²) in [5.41, 5.74) is 3.71. The van der Waals surface area contributed by atoms with E-state index in [1.165, 1.54) is 13.3 Å². The summed E-state index contributed by atoms with van der Waals surface area (Å²) < 4.78 is 11.9. The molecule has 154 valence electrons. The Labute approximate surface area is 175 Å². The molecule has 8 heteroatoms. The van der Waals surface area contributed by atoms with Gasteiger partial charge in [-0.05, 0) is 48.7 Å². The molecule has 8 nitrogen and oxygen atoms in total. The molecule has 0 fully saturated rings. The number of amides is 1. The lowest BCUT2D eigenvalue weighted by molar-refractivity contribution is 0.0948. The number of rotatable bonds is 8. The van der Waals surface area contributed by atoms with Gasteiger partial charge in [0.05, 0.1) is 24.4 Å². The van der Waals surface area contributed by atoms with E-state index in [0.29, 0.717) is 35.8 Å². The third-order valence-corrected chi connectivity index (χ3v) is 4.62. The minimum absolute atomic E-state index is 0.174. The molecule has 0 atom stereocenters. The largest absolute Gasteiger partial charge is 0.495 e. The number of nitriles is 1. The van der Waals surface area contributed by atoms with Gasteiger partial charge in [-0.25, -0.2) is 9.67 Å². The summed E-state index contributed by atoms with van der Waals surface area (Å²) in [6, 6.07) is 9.22. The summed E-state index contributed by atoms with van der Waals surface area (Å²) in [5, 5.41) is 16.4. The molecule has 0 bridgehead atoms. The third kappa shape index (κ3) is 4.64. The van der Waals surface area contributed by atoms with Crippen molar-refractivity contribution < 1.29 is 14.3 Å². The van der Waals surface area contributed by atoms with Crippen LogP contribution in [0, 0.1) is 18.3 Å². The number of nitrogens with zero attached hydrogens (tertiary/aromatic N) is 4. The number of aromatic nitrogens is 3. The molecule has 2 heterocycles. The van der Waals surface area contributed by atoms with Gasteiger partial charge in [-0.1, -0.05) is 0 Å². The van der Waals surface area contributed by atoms with Crippen molar-refractivity contribution in [2.45, 2.75) is 13.3 Å². The van der Waals surface area contributed by atoms with Gasteiger partial charge in [0.25, 0.3) is 5.91 Å². The lowest BCUT2D eigenvalue weighted by atomic mass is 10.0. The molecular formula is C22H23N5O3. The zero-order valence-electron chi connectivity index (χ0n) is 17.2. The van der Waals surface area contributed by atoms with Crippen LogP contribution in [0.1, 0.15) is 27.9 Å². The summed E-state index contributed by atoms with van der Waals surface area (Å²) in [4.78, 5) is 16.5. The first-order valence-corrected chi connectivity index (χ1v) is 9.44. The van der Waals surface area contributed by atoms with Crippen molar-refractivity contribution >= 4 is 5.91 Å². The van der Waals surface area contributed by atoms with E-state index < -0.39 is 0 Å². The predicted molar refractivity (Wildman–Crippen MR) is 112 cm³/mol. The molecule has 0 aliphatic heterocycles. The van der Waals surface area contributed by atoms with Gasteiger partial charge >= 0.3 is 0 Å². The minimum atomic E-state index is -0.174. The van der Waals surface area contributed by atoms with Crippen LogP contribution in [0.15, 0.2) is 42.9 Å². The quantitative estimate of drug-likeness (QED) is 0.578. The number of nitrogens with one attached hydrogen (secondary N) is 1. The highest BCUT2D eigenvalue weighted by atomic mass is 16.5. The summed E-state index contributed by atoms with van der Waals surface area (Å²) >= 11 is 0. The molecule has 3 rings (SSSR count). The molecule has 30 heavy (non-hydrogen) atoms. The summed E-state index contributed by atoms with van der Waals surface area (Å²) in [6.45, 7) is 3.08. The first-order chi connectivity index (χ1) is 14.6. The van der Waals surface area contributed by atoms with Gasteiger partial charge in [-0.15, -0.1) is 0 Å². The van der Waals surface area contributed by atoms with Crippen LogP contribution < -0.4 is 10.1 Å². The Balaban J connectivity index is 1.77. The Morgan fingerprint density at radius 2 is 2.10 bits per heavy atom. The smallest absolute Gasteiger partial charge is 0.252 e. The van der Waals surface area contributed by atoms with Crippen molar-refractivity contribution in [3.05, 3.63) is 59.5 Å². The molecule has 0 saturated heterocycles. The van der Waals surface area contributed by atoms with E-state index in [4.69, 9.17) is 9.47 Å². The van der Waals surface area contributed by atoms with E-state index in [1.807, 2.05) is 19.2 Å². The lowest BCUT2D eigenvalue weighted by Crippen LogP contribution is -2.25. The van der Waals surface area contributed by atoms with Crippen LogP contribution in [0.5, 0.6) is 5.75 Å². The van der Waals surface area contributed by atoms with Crippen LogP contribution >= 0.6 is 0 Å². The Hall–Kier alpha value is -3.70. The number of pyridine rings is 1. The second kappa shape index (κ2) is 9.67. The van der Waals surface area contributed by atoms with Crippen molar-refractivity contribution in [1.29, 1.82) is 5.26 Å². The van der Waals surface area contributed by atoms with Gasteiger partial charge in [0.15, 0.2) is 5.82 Å². The number of benzene rings is 1. The van der Waals surface area contributed by atoms with Gasteiger partial charge < -0.3 is 14.8 Å². The van der Waals surface area contributed by atoms with E-state index in [0.717, 1.165) is 23.1 Å². The number of ether oxygens (including phenoxy) is 2. The Morgan fingerprint density at radius 1 is 1.27 bits per heavy atom. The van der Waals surface area contributed by atoms with Gasteiger partial charge in [0, 0.05) is 38.2 Å². The number of carbonyl (C=O) groups excluding carboxylic acids is 1.